The third-order valence-electron chi connectivity index (χ3n) is 3.78. The summed E-state index contributed by atoms with van der Waals surface area (Å²) in [6, 6.07) is 13.0. The molecule has 0 aliphatic rings. The van der Waals surface area contributed by atoms with Crippen LogP contribution in [0.3, 0.4) is 0 Å². The molecule has 25 heavy (non-hydrogen) atoms. The first-order chi connectivity index (χ1) is 12.2. The normalized spacial score (nSPS) is 11.7. The van der Waals surface area contributed by atoms with Gasteiger partial charge in [-0.2, -0.15) is 11.3 Å². The summed E-state index contributed by atoms with van der Waals surface area (Å²) in [5.41, 5.74) is 3.13. The maximum atomic E-state index is 12.3. The number of hydrogen-bond acceptors (Lipinski definition) is 3. The molecule has 2 N–H and O–H groups in total. The fourth-order valence-electron chi connectivity index (χ4n) is 2.50. The highest BCUT2D eigenvalue weighted by molar-refractivity contribution is 7.08. The minimum Gasteiger partial charge on any atom is -0.338 e. The molecule has 128 valence electrons. The highest BCUT2D eigenvalue weighted by Crippen LogP contribution is 2.25. The van der Waals surface area contributed by atoms with Gasteiger partial charge in [-0.25, -0.2) is 4.79 Å². The Bertz CT molecular complexity index is 791. The lowest BCUT2D eigenvalue weighted by atomic mass is 10.0. The fourth-order valence-corrected chi connectivity index (χ4v) is 3.31. The molecule has 0 fully saturated rings. The molecule has 3 aromatic rings. The molecule has 0 saturated heterocycles. The van der Waals surface area contributed by atoms with Crippen molar-refractivity contribution in [1.29, 1.82) is 0 Å². The number of carbonyl (C=O) groups excluding carboxylic acids is 1. The minimum atomic E-state index is -0.207. The number of nitrogens with one attached hydrogen (secondary N) is 2. The molecular weight excluding hydrogens is 354 g/mol. The first-order valence-corrected chi connectivity index (χ1v) is 9.25. The Labute approximate surface area is 155 Å². The lowest BCUT2D eigenvalue weighted by Gasteiger charge is -2.19. The number of halogens is 1. The van der Waals surface area contributed by atoms with Crippen LogP contribution in [0.4, 0.5) is 4.79 Å². The first-order valence-electron chi connectivity index (χ1n) is 7.93. The summed E-state index contributed by atoms with van der Waals surface area (Å²) in [5, 5.41) is 10.7. The van der Waals surface area contributed by atoms with Gasteiger partial charge in [0, 0.05) is 24.0 Å². The van der Waals surface area contributed by atoms with E-state index >= 15 is 0 Å². The Morgan fingerprint density at radius 2 is 2.00 bits per heavy atom. The lowest BCUT2D eigenvalue weighted by Crippen LogP contribution is -2.39. The SMILES string of the molecule is O=C(NCCc1cccnc1)NC(c1ccc(Cl)cc1)c1ccsc1. The summed E-state index contributed by atoms with van der Waals surface area (Å²) < 4.78 is 0. The molecule has 2 heterocycles. The molecule has 3 rings (SSSR count). The highest BCUT2D eigenvalue weighted by Gasteiger charge is 2.17. The van der Waals surface area contributed by atoms with Gasteiger partial charge in [0.1, 0.15) is 0 Å². The van der Waals surface area contributed by atoms with Crippen molar-refractivity contribution in [2.45, 2.75) is 12.5 Å². The number of aromatic nitrogens is 1. The Hall–Kier alpha value is -2.37. The molecule has 2 amide bonds. The van der Waals surface area contributed by atoms with Crippen molar-refractivity contribution < 1.29 is 4.79 Å². The molecule has 1 atom stereocenters. The van der Waals surface area contributed by atoms with Gasteiger partial charge in [-0.3, -0.25) is 4.98 Å². The van der Waals surface area contributed by atoms with Crippen molar-refractivity contribution >= 4 is 29.0 Å². The molecular formula is C19H18ClN3OS. The van der Waals surface area contributed by atoms with Crippen molar-refractivity contribution in [2.24, 2.45) is 0 Å². The van der Waals surface area contributed by atoms with Crippen LogP contribution in [0.2, 0.25) is 5.02 Å². The van der Waals surface area contributed by atoms with E-state index in [9.17, 15) is 4.79 Å². The van der Waals surface area contributed by atoms with Gasteiger partial charge in [-0.05, 0) is 58.1 Å². The predicted octanol–water partition coefficient (Wildman–Crippen LogP) is 4.43. The van der Waals surface area contributed by atoms with Gasteiger partial charge in [-0.1, -0.05) is 29.8 Å². The van der Waals surface area contributed by atoms with Crippen LogP contribution < -0.4 is 10.6 Å². The molecule has 1 unspecified atom stereocenters. The van der Waals surface area contributed by atoms with Gasteiger partial charge >= 0.3 is 6.03 Å². The van der Waals surface area contributed by atoms with E-state index in [1.54, 1.807) is 17.5 Å². The van der Waals surface area contributed by atoms with Crippen LogP contribution in [-0.2, 0) is 6.42 Å². The number of amides is 2. The smallest absolute Gasteiger partial charge is 0.315 e. The Morgan fingerprint density at radius 1 is 1.16 bits per heavy atom. The van der Waals surface area contributed by atoms with Crippen LogP contribution >= 0.6 is 22.9 Å². The van der Waals surface area contributed by atoms with Gasteiger partial charge in [0.05, 0.1) is 6.04 Å². The van der Waals surface area contributed by atoms with E-state index in [-0.39, 0.29) is 12.1 Å². The molecule has 0 aliphatic carbocycles. The van der Waals surface area contributed by atoms with E-state index < -0.39 is 0 Å². The van der Waals surface area contributed by atoms with Crippen molar-refractivity contribution in [3.8, 4) is 0 Å². The monoisotopic (exact) mass is 371 g/mol. The zero-order valence-corrected chi connectivity index (χ0v) is 15.1. The summed E-state index contributed by atoms with van der Waals surface area (Å²) in [6.07, 6.45) is 4.29. The second-order valence-electron chi connectivity index (χ2n) is 5.55. The molecule has 0 radical (unpaired) electrons. The number of pyridine rings is 1. The average Bonchev–Trinajstić information content (AvgIpc) is 3.16. The fraction of sp³-hybridized carbons (Fsp3) is 0.158. The standard InChI is InChI=1S/C19H18ClN3OS/c20-17-5-3-15(4-6-17)18(16-8-11-25-13-16)23-19(24)22-10-7-14-2-1-9-21-12-14/h1-6,8-9,11-13,18H,7,10H2,(H2,22,23,24). The summed E-state index contributed by atoms with van der Waals surface area (Å²) >= 11 is 7.57. The second kappa shape index (κ2) is 8.65. The molecule has 0 bridgehead atoms. The Balaban J connectivity index is 1.62. The maximum absolute atomic E-state index is 12.3. The largest absolute Gasteiger partial charge is 0.338 e. The predicted molar refractivity (Wildman–Crippen MR) is 102 cm³/mol. The quantitative estimate of drug-likeness (QED) is 0.673. The first kappa shape index (κ1) is 17.5. The second-order valence-corrected chi connectivity index (χ2v) is 6.77. The summed E-state index contributed by atoms with van der Waals surface area (Å²) in [4.78, 5) is 16.4. The van der Waals surface area contributed by atoms with Crippen molar-refractivity contribution in [1.82, 2.24) is 15.6 Å². The van der Waals surface area contributed by atoms with E-state index in [0.717, 1.165) is 23.1 Å². The summed E-state index contributed by atoms with van der Waals surface area (Å²) in [5.74, 6) is 0. The number of carbonyl (C=O) groups is 1. The summed E-state index contributed by atoms with van der Waals surface area (Å²) in [7, 11) is 0. The molecule has 1 aromatic carbocycles. The van der Waals surface area contributed by atoms with E-state index in [0.29, 0.717) is 11.6 Å². The van der Waals surface area contributed by atoms with Crippen LogP contribution in [0.5, 0.6) is 0 Å². The van der Waals surface area contributed by atoms with Gasteiger partial charge < -0.3 is 10.6 Å². The van der Waals surface area contributed by atoms with Crippen LogP contribution in [0.1, 0.15) is 22.7 Å². The van der Waals surface area contributed by atoms with E-state index in [2.05, 4.69) is 15.6 Å². The van der Waals surface area contributed by atoms with E-state index in [1.165, 1.54) is 0 Å². The molecule has 2 aromatic heterocycles. The number of urea groups is 1. The van der Waals surface area contributed by atoms with Gasteiger partial charge in [0.25, 0.3) is 0 Å². The van der Waals surface area contributed by atoms with Gasteiger partial charge in [-0.15, -0.1) is 0 Å². The third kappa shape index (κ3) is 5.05. The molecule has 0 saturated carbocycles. The van der Waals surface area contributed by atoms with Gasteiger partial charge in [0.15, 0.2) is 0 Å². The topological polar surface area (TPSA) is 54.0 Å². The number of nitrogens with zero attached hydrogens (tertiary/aromatic N) is 1. The lowest BCUT2D eigenvalue weighted by molar-refractivity contribution is 0.239. The van der Waals surface area contributed by atoms with Crippen LogP contribution in [0.15, 0.2) is 65.6 Å². The number of benzene rings is 1. The van der Waals surface area contributed by atoms with Crippen molar-refractivity contribution in [3.63, 3.8) is 0 Å². The Morgan fingerprint density at radius 3 is 2.68 bits per heavy atom. The third-order valence-corrected chi connectivity index (χ3v) is 4.73. The zero-order valence-electron chi connectivity index (χ0n) is 13.5. The van der Waals surface area contributed by atoms with Gasteiger partial charge in [0.2, 0.25) is 0 Å². The Kier molecular flexibility index (Phi) is 6.04. The summed E-state index contributed by atoms with van der Waals surface area (Å²) in [6.45, 7) is 0.550. The van der Waals surface area contributed by atoms with Crippen molar-refractivity contribution in [2.75, 3.05) is 6.54 Å². The average molecular weight is 372 g/mol. The molecule has 4 nitrogen and oxygen atoms in total. The number of rotatable bonds is 6. The molecule has 0 aliphatic heterocycles. The van der Waals surface area contributed by atoms with Crippen LogP contribution in [0.25, 0.3) is 0 Å². The highest BCUT2D eigenvalue weighted by atomic mass is 35.5. The number of hydrogen-bond donors (Lipinski definition) is 2. The number of thiophene rings is 1. The van der Waals surface area contributed by atoms with Crippen LogP contribution in [-0.4, -0.2) is 17.6 Å². The molecule has 6 heteroatoms. The maximum Gasteiger partial charge on any atom is 0.315 e. The van der Waals surface area contributed by atoms with Crippen molar-refractivity contribution in [3.05, 3.63) is 87.3 Å². The van der Waals surface area contributed by atoms with E-state index in [4.69, 9.17) is 11.6 Å². The van der Waals surface area contributed by atoms with E-state index in [1.807, 2.05) is 59.4 Å². The van der Waals surface area contributed by atoms with Crippen LogP contribution in [0, 0.1) is 0 Å². The minimum absolute atomic E-state index is 0.199. The molecule has 0 spiro atoms. The zero-order chi connectivity index (χ0) is 17.5.